The molecule has 0 aliphatic carbocycles. The second-order valence-corrected chi connectivity index (χ2v) is 3.90. The minimum absolute atomic E-state index is 0.00611. The number of carbonyl (C=O) groups is 1. The Balaban J connectivity index is 2.58. The van der Waals surface area contributed by atoms with Crippen LogP contribution in [0.1, 0.15) is 15.9 Å². The molecule has 0 unspecified atom stereocenters. The summed E-state index contributed by atoms with van der Waals surface area (Å²) in [6.07, 6.45) is 0. The van der Waals surface area contributed by atoms with Crippen molar-refractivity contribution in [3.8, 4) is 11.1 Å². The topological polar surface area (TPSA) is 93.0 Å². The Hall–Kier alpha value is -2.62. The largest absolute Gasteiger partial charge is 0.384 e. The maximum Gasteiger partial charge on any atom is 0.249 e. The number of hydrogen-bond acceptors (Lipinski definition) is 2. The van der Waals surface area contributed by atoms with Crippen molar-refractivity contribution in [2.45, 2.75) is 0 Å². The van der Waals surface area contributed by atoms with E-state index in [1.807, 2.05) is 18.2 Å². The van der Waals surface area contributed by atoms with Crippen molar-refractivity contribution in [3.63, 3.8) is 0 Å². The van der Waals surface area contributed by atoms with Crippen LogP contribution in [0.5, 0.6) is 0 Å². The Morgan fingerprint density at radius 2 is 1.72 bits per heavy atom. The van der Waals surface area contributed by atoms with Crippen molar-refractivity contribution >= 4 is 11.7 Å². The normalized spacial score (nSPS) is 10.0. The van der Waals surface area contributed by atoms with Crippen LogP contribution in [0.4, 0.5) is 0 Å². The van der Waals surface area contributed by atoms with Crippen LogP contribution in [0.3, 0.4) is 0 Å². The number of amidine groups is 1. The molecule has 4 nitrogen and oxygen atoms in total. The molecule has 2 aromatic carbocycles. The maximum absolute atomic E-state index is 11.4. The summed E-state index contributed by atoms with van der Waals surface area (Å²) in [6.45, 7) is 0. The van der Waals surface area contributed by atoms with Crippen molar-refractivity contribution in [3.05, 3.63) is 59.7 Å². The summed E-state index contributed by atoms with van der Waals surface area (Å²) < 4.78 is 0. The second-order valence-electron chi connectivity index (χ2n) is 3.90. The third-order valence-corrected chi connectivity index (χ3v) is 2.68. The minimum atomic E-state index is -0.473. The van der Waals surface area contributed by atoms with Crippen LogP contribution in [0.25, 0.3) is 11.1 Å². The first-order valence-corrected chi connectivity index (χ1v) is 5.43. The van der Waals surface area contributed by atoms with Crippen molar-refractivity contribution < 1.29 is 4.79 Å². The van der Waals surface area contributed by atoms with Gasteiger partial charge in [0.1, 0.15) is 5.84 Å². The zero-order valence-electron chi connectivity index (χ0n) is 9.68. The molecule has 0 heterocycles. The van der Waals surface area contributed by atoms with E-state index in [2.05, 4.69) is 0 Å². The van der Waals surface area contributed by atoms with Gasteiger partial charge in [0.25, 0.3) is 0 Å². The number of nitrogens with one attached hydrogen (secondary N) is 1. The third-order valence-electron chi connectivity index (χ3n) is 2.68. The molecule has 0 aromatic heterocycles. The van der Waals surface area contributed by atoms with Crippen LogP contribution >= 0.6 is 0 Å². The predicted molar refractivity (Wildman–Crippen MR) is 71.4 cm³/mol. The van der Waals surface area contributed by atoms with Gasteiger partial charge in [0.2, 0.25) is 5.91 Å². The summed E-state index contributed by atoms with van der Waals surface area (Å²) in [5, 5.41) is 7.42. The maximum atomic E-state index is 11.4. The van der Waals surface area contributed by atoms with Gasteiger partial charge in [-0.2, -0.15) is 0 Å². The van der Waals surface area contributed by atoms with Crippen molar-refractivity contribution in [2.75, 3.05) is 0 Å². The Morgan fingerprint density at radius 1 is 1.00 bits per heavy atom. The Kier molecular flexibility index (Phi) is 3.10. The van der Waals surface area contributed by atoms with Gasteiger partial charge in [0, 0.05) is 11.1 Å². The lowest BCUT2D eigenvalue weighted by molar-refractivity contribution is 0.100. The molecule has 2 aromatic rings. The molecule has 0 atom stereocenters. The predicted octanol–water partition coefficient (Wildman–Crippen LogP) is 1.74. The van der Waals surface area contributed by atoms with Gasteiger partial charge in [0.05, 0.1) is 0 Å². The smallest absolute Gasteiger partial charge is 0.249 e. The van der Waals surface area contributed by atoms with Gasteiger partial charge in [-0.25, -0.2) is 0 Å². The van der Waals surface area contributed by atoms with E-state index < -0.39 is 5.91 Å². The number of rotatable bonds is 3. The third kappa shape index (κ3) is 2.22. The van der Waals surface area contributed by atoms with Gasteiger partial charge in [-0.05, 0) is 23.3 Å². The molecule has 0 bridgehead atoms. The fourth-order valence-electron chi connectivity index (χ4n) is 1.80. The lowest BCUT2D eigenvalue weighted by atomic mass is 9.97. The van der Waals surface area contributed by atoms with Gasteiger partial charge in [-0.1, -0.05) is 36.4 Å². The van der Waals surface area contributed by atoms with E-state index in [0.29, 0.717) is 11.1 Å². The molecule has 0 spiro atoms. The Bertz CT molecular complexity index is 620. The Labute approximate surface area is 105 Å². The van der Waals surface area contributed by atoms with Crippen molar-refractivity contribution in [2.24, 2.45) is 11.5 Å². The second kappa shape index (κ2) is 4.71. The molecule has 0 saturated carbocycles. The highest BCUT2D eigenvalue weighted by molar-refractivity contribution is 6.01. The molecule has 90 valence electrons. The first-order chi connectivity index (χ1) is 8.59. The number of carbonyl (C=O) groups excluding carboxylic acids is 1. The molecule has 0 saturated heterocycles. The van der Waals surface area contributed by atoms with E-state index in [0.717, 1.165) is 11.1 Å². The SMILES string of the molecule is N=C(N)c1cccc(-c2ccccc2C(N)=O)c1. The van der Waals surface area contributed by atoms with E-state index in [4.69, 9.17) is 16.9 Å². The van der Waals surface area contributed by atoms with Crippen LogP contribution in [-0.4, -0.2) is 11.7 Å². The lowest BCUT2D eigenvalue weighted by Gasteiger charge is -2.08. The molecule has 5 N–H and O–H groups in total. The quantitative estimate of drug-likeness (QED) is 0.562. The molecule has 0 fully saturated rings. The van der Waals surface area contributed by atoms with Crippen LogP contribution < -0.4 is 11.5 Å². The van der Waals surface area contributed by atoms with Crippen molar-refractivity contribution in [1.29, 1.82) is 5.41 Å². The van der Waals surface area contributed by atoms with E-state index in [-0.39, 0.29) is 5.84 Å². The van der Waals surface area contributed by atoms with E-state index in [1.54, 1.807) is 30.3 Å². The molecular weight excluding hydrogens is 226 g/mol. The summed E-state index contributed by atoms with van der Waals surface area (Å²) in [6, 6.07) is 14.3. The van der Waals surface area contributed by atoms with E-state index in [1.165, 1.54) is 0 Å². The van der Waals surface area contributed by atoms with E-state index >= 15 is 0 Å². The molecule has 0 aliphatic heterocycles. The zero-order chi connectivity index (χ0) is 13.1. The first-order valence-electron chi connectivity index (χ1n) is 5.43. The average molecular weight is 239 g/mol. The number of primary amides is 1. The lowest BCUT2D eigenvalue weighted by Crippen LogP contribution is -2.13. The van der Waals surface area contributed by atoms with Crippen molar-refractivity contribution in [1.82, 2.24) is 0 Å². The molecule has 0 aliphatic rings. The van der Waals surface area contributed by atoms with Gasteiger partial charge in [-0.3, -0.25) is 10.2 Å². The molecular formula is C14H13N3O. The molecule has 2 rings (SSSR count). The summed E-state index contributed by atoms with van der Waals surface area (Å²) in [4.78, 5) is 11.4. The van der Waals surface area contributed by atoms with Gasteiger partial charge >= 0.3 is 0 Å². The van der Waals surface area contributed by atoms with Crippen LogP contribution in [0.15, 0.2) is 48.5 Å². The number of benzene rings is 2. The number of amides is 1. The van der Waals surface area contributed by atoms with E-state index in [9.17, 15) is 4.79 Å². The highest BCUT2D eigenvalue weighted by Crippen LogP contribution is 2.24. The Morgan fingerprint density at radius 3 is 2.39 bits per heavy atom. The van der Waals surface area contributed by atoms with Crippen LogP contribution in [-0.2, 0) is 0 Å². The fraction of sp³-hybridized carbons (Fsp3) is 0. The van der Waals surface area contributed by atoms with Crippen LogP contribution in [0, 0.1) is 5.41 Å². The first kappa shape index (κ1) is 11.9. The molecule has 18 heavy (non-hydrogen) atoms. The standard InChI is InChI=1S/C14H13N3O/c15-13(16)10-5-3-4-9(8-10)11-6-1-2-7-12(11)14(17)18/h1-8H,(H3,15,16)(H2,17,18). The van der Waals surface area contributed by atoms with Gasteiger partial charge in [-0.15, -0.1) is 0 Å². The summed E-state index contributed by atoms with van der Waals surface area (Å²) in [5.74, 6) is -0.479. The fourth-order valence-corrected chi connectivity index (χ4v) is 1.80. The number of nitrogen functional groups attached to an aromatic ring is 1. The molecule has 0 radical (unpaired) electrons. The summed E-state index contributed by atoms with van der Waals surface area (Å²) >= 11 is 0. The van der Waals surface area contributed by atoms with Gasteiger partial charge in [0.15, 0.2) is 0 Å². The van der Waals surface area contributed by atoms with Crippen LogP contribution in [0.2, 0.25) is 0 Å². The summed E-state index contributed by atoms with van der Waals surface area (Å²) in [5.41, 5.74) is 13.4. The average Bonchev–Trinajstić information content (AvgIpc) is 2.39. The highest BCUT2D eigenvalue weighted by Gasteiger charge is 2.09. The molecule has 1 amide bonds. The number of hydrogen-bond donors (Lipinski definition) is 3. The molecule has 4 heteroatoms. The number of nitrogens with two attached hydrogens (primary N) is 2. The monoisotopic (exact) mass is 239 g/mol. The minimum Gasteiger partial charge on any atom is -0.384 e. The zero-order valence-corrected chi connectivity index (χ0v) is 9.68. The highest BCUT2D eigenvalue weighted by atomic mass is 16.1. The van der Waals surface area contributed by atoms with Gasteiger partial charge < -0.3 is 11.5 Å². The summed E-state index contributed by atoms with van der Waals surface area (Å²) in [7, 11) is 0.